The third kappa shape index (κ3) is 4.43. The minimum Gasteiger partial charge on any atom is -0.295 e. The van der Waals surface area contributed by atoms with Crippen LogP contribution in [0.3, 0.4) is 0 Å². The maximum atomic E-state index is 11.7. The highest BCUT2D eigenvalue weighted by molar-refractivity contribution is 5.95. The lowest BCUT2D eigenvalue weighted by Crippen LogP contribution is -2.07. The van der Waals surface area contributed by atoms with Crippen LogP contribution in [-0.2, 0) is 4.79 Å². The molecule has 16 heavy (non-hydrogen) atoms. The van der Waals surface area contributed by atoms with Crippen LogP contribution < -0.4 is 0 Å². The van der Waals surface area contributed by atoms with Crippen molar-refractivity contribution in [3.8, 4) is 0 Å². The van der Waals surface area contributed by atoms with Gasteiger partial charge in [-0.25, -0.2) is 0 Å². The van der Waals surface area contributed by atoms with E-state index in [2.05, 4.69) is 6.92 Å². The molecule has 1 nitrogen and oxygen atoms in total. The van der Waals surface area contributed by atoms with Crippen molar-refractivity contribution in [3.05, 3.63) is 42.0 Å². The Morgan fingerprint density at radius 3 is 2.62 bits per heavy atom. The molecule has 0 saturated heterocycles. The average molecular weight is 216 g/mol. The Labute approximate surface area is 98.2 Å². The second kappa shape index (κ2) is 7.00. The number of rotatable bonds is 6. The molecule has 0 amide bonds. The molecule has 1 heteroatoms. The van der Waals surface area contributed by atoms with Crippen molar-refractivity contribution in [2.75, 3.05) is 0 Å². The summed E-state index contributed by atoms with van der Waals surface area (Å²) in [6.45, 7) is 4.16. The Morgan fingerprint density at radius 2 is 2.00 bits per heavy atom. The summed E-state index contributed by atoms with van der Waals surface area (Å²) in [5.74, 6) is 0.386. The summed E-state index contributed by atoms with van der Waals surface area (Å²) < 4.78 is 0. The first-order valence-electron chi connectivity index (χ1n) is 6.01. The van der Waals surface area contributed by atoms with E-state index in [1.807, 2.05) is 43.3 Å². The normalized spacial score (nSPS) is 12.9. The predicted octanol–water partition coefficient (Wildman–Crippen LogP) is 4.10. The molecule has 0 N–H and O–H groups in total. The highest BCUT2D eigenvalue weighted by atomic mass is 16.1. The molecule has 0 heterocycles. The van der Waals surface area contributed by atoms with Gasteiger partial charge in [0.15, 0.2) is 5.78 Å². The number of carbonyl (C=O) groups is 1. The summed E-state index contributed by atoms with van der Waals surface area (Å²) in [5.41, 5.74) is 1.08. The van der Waals surface area contributed by atoms with Crippen molar-refractivity contribution >= 4 is 11.9 Å². The van der Waals surface area contributed by atoms with Gasteiger partial charge >= 0.3 is 0 Å². The van der Waals surface area contributed by atoms with E-state index in [0.29, 0.717) is 0 Å². The lowest BCUT2D eigenvalue weighted by atomic mass is 9.99. The van der Waals surface area contributed by atoms with Crippen molar-refractivity contribution in [1.82, 2.24) is 0 Å². The van der Waals surface area contributed by atoms with Crippen molar-refractivity contribution in [3.63, 3.8) is 0 Å². The molecule has 1 atom stereocenters. The highest BCUT2D eigenvalue weighted by Gasteiger charge is 2.08. The van der Waals surface area contributed by atoms with Crippen LogP contribution in [0.25, 0.3) is 6.08 Å². The fourth-order valence-electron chi connectivity index (χ4n) is 1.56. The summed E-state index contributed by atoms with van der Waals surface area (Å²) >= 11 is 0. The van der Waals surface area contributed by atoms with Crippen molar-refractivity contribution in [2.24, 2.45) is 5.92 Å². The molecule has 0 bridgehead atoms. The van der Waals surface area contributed by atoms with Crippen molar-refractivity contribution < 1.29 is 4.79 Å². The van der Waals surface area contributed by atoms with Crippen LogP contribution in [-0.4, -0.2) is 5.78 Å². The Morgan fingerprint density at radius 1 is 1.31 bits per heavy atom. The fraction of sp³-hybridized carbons (Fsp3) is 0.400. The van der Waals surface area contributed by atoms with Crippen LogP contribution in [0, 0.1) is 5.92 Å². The van der Waals surface area contributed by atoms with E-state index < -0.39 is 0 Å². The highest BCUT2D eigenvalue weighted by Crippen LogP contribution is 2.10. The van der Waals surface area contributed by atoms with Crippen LogP contribution in [0.4, 0.5) is 0 Å². The summed E-state index contributed by atoms with van der Waals surface area (Å²) in [5, 5.41) is 0. The third-order valence-electron chi connectivity index (χ3n) is 2.72. The van der Waals surface area contributed by atoms with Crippen LogP contribution in [0.5, 0.6) is 0 Å². The summed E-state index contributed by atoms with van der Waals surface area (Å²) in [4.78, 5) is 11.7. The lowest BCUT2D eigenvalue weighted by Gasteiger charge is -2.05. The average Bonchev–Trinajstić information content (AvgIpc) is 2.34. The van der Waals surface area contributed by atoms with Gasteiger partial charge in [-0.05, 0) is 18.1 Å². The van der Waals surface area contributed by atoms with Crippen LogP contribution >= 0.6 is 0 Å². The maximum absolute atomic E-state index is 11.7. The molecule has 1 aromatic rings. The first-order valence-corrected chi connectivity index (χ1v) is 6.01. The zero-order chi connectivity index (χ0) is 11.8. The molecule has 0 spiro atoms. The summed E-state index contributed by atoms with van der Waals surface area (Å²) in [6.07, 6.45) is 6.88. The van der Waals surface area contributed by atoms with E-state index in [0.717, 1.165) is 24.8 Å². The molecular weight excluding hydrogens is 196 g/mol. The molecule has 1 unspecified atom stereocenters. The molecule has 0 radical (unpaired) electrons. The van der Waals surface area contributed by atoms with Gasteiger partial charge in [-0.1, -0.05) is 63.1 Å². The molecule has 0 aliphatic carbocycles. The van der Waals surface area contributed by atoms with Crippen LogP contribution in [0.1, 0.15) is 38.7 Å². The van der Waals surface area contributed by atoms with Gasteiger partial charge in [-0.2, -0.15) is 0 Å². The topological polar surface area (TPSA) is 17.1 Å². The van der Waals surface area contributed by atoms with E-state index in [9.17, 15) is 4.79 Å². The molecular formula is C15H20O. The Kier molecular flexibility index (Phi) is 5.55. The Balaban J connectivity index is 2.48. The Bertz CT molecular complexity index is 338. The largest absolute Gasteiger partial charge is 0.295 e. The second-order valence-corrected chi connectivity index (χ2v) is 4.19. The monoisotopic (exact) mass is 216 g/mol. The fourth-order valence-corrected chi connectivity index (χ4v) is 1.56. The number of benzene rings is 1. The van der Waals surface area contributed by atoms with Gasteiger partial charge in [0, 0.05) is 5.92 Å². The van der Waals surface area contributed by atoms with E-state index >= 15 is 0 Å². The molecule has 1 aromatic carbocycles. The van der Waals surface area contributed by atoms with Gasteiger partial charge in [0.1, 0.15) is 0 Å². The second-order valence-electron chi connectivity index (χ2n) is 4.19. The minimum atomic E-state index is 0.153. The molecule has 0 aliphatic heterocycles. The number of carbonyl (C=O) groups excluding carboxylic acids is 1. The molecule has 86 valence electrons. The molecule has 0 aromatic heterocycles. The zero-order valence-corrected chi connectivity index (χ0v) is 10.1. The summed E-state index contributed by atoms with van der Waals surface area (Å²) in [7, 11) is 0. The van der Waals surface area contributed by atoms with Gasteiger partial charge in [-0.3, -0.25) is 4.79 Å². The van der Waals surface area contributed by atoms with E-state index in [1.165, 1.54) is 0 Å². The lowest BCUT2D eigenvalue weighted by molar-refractivity contribution is -0.117. The number of hydrogen-bond donors (Lipinski definition) is 0. The smallest absolute Gasteiger partial charge is 0.158 e. The standard InChI is InChI=1S/C15H20O/c1-3-4-8-13(2)15(16)12-11-14-9-6-5-7-10-14/h5-7,9-13H,3-4,8H2,1-2H3. The summed E-state index contributed by atoms with van der Waals surface area (Å²) in [6, 6.07) is 9.93. The van der Waals surface area contributed by atoms with E-state index in [-0.39, 0.29) is 11.7 Å². The minimum absolute atomic E-state index is 0.153. The number of allylic oxidation sites excluding steroid dienone is 1. The maximum Gasteiger partial charge on any atom is 0.158 e. The van der Waals surface area contributed by atoms with Crippen molar-refractivity contribution in [2.45, 2.75) is 33.1 Å². The molecule has 0 saturated carbocycles. The molecule has 0 fully saturated rings. The van der Waals surface area contributed by atoms with E-state index in [4.69, 9.17) is 0 Å². The predicted molar refractivity (Wildman–Crippen MR) is 69.2 cm³/mol. The van der Waals surface area contributed by atoms with Gasteiger partial charge in [-0.15, -0.1) is 0 Å². The van der Waals surface area contributed by atoms with Gasteiger partial charge in [0.05, 0.1) is 0 Å². The zero-order valence-electron chi connectivity index (χ0n) is 10.1. The van der Waals surface area contributed by atoms with Crippen LogP contribution in [0.2, 0.25) is 0 Å². The number of ketones is 1. The third-order valence-corrected chi connectivity index (χ3v) is 2.72. The van der Waals surface area contributed by atoms with E-state index in [1.54, 1.807) is 6.08 Å². The number of hydrogen-bond acceptors (Lipinski definition) is 1. The van der Waals surface area contributed by atoms with Gasteiger partial charge < -0.3 is 0 Å². The van der Waals surface area contributed by atoms with Gasteiger partial charge in [0.25, 0.3) is 0 Å². The van der Waals surface area contributed by atoms with Crippen molar-refractivity contribution in [1.29, 1.82) is 0 Å². The first-order chi connectivity index (χ1) is 7.74. The first kappa shape index (κ1) is 12.7. The SMILES string of the molecule is CCCCC(C)C(=O)C=Cc1ccccc1. The quantitative estimate of drug-likeness (QED) is 0.654. The van der Waals surface area contributed by atoms with Crippen LogP contribution in [0.15, 0.2) is 36.4 Å². The molecule has 1 rings (SSSR count). The molecule has 0 aliphatic rings. The number of unbranched alkanes of at least 4 members (excludes halogenated alkanes) is 1. The van der Waals surface area contributed by atoms with Gasteiger partial charge in [0.2, 0.25) is 0 Å². The Hall–Kier alpha value is -1.37.